The van der Waals surface area contributed by atoms with Crippen LogP contribution in [0.5, 0.6) is 0 Å². The Labute approximate surface area is 184 Å². The van der Waals surface area contributed by atoms with E-state index in [0.29, 0.717) is 62.6 Å². The lowest BCUT2D eigenvalue weighted by Gasteiger charge is -2.45. The van der Waals surface area contributed by atoms with Crippen LogP contribution in [0.2, 0.25) is 0 Å². The van der Waals surface area contributed by atoms with Gasteiger partial charge in [0.15, 0.2) is 5.82 Å². The Morgan fingerprint density at radius 2 is 1.59 bits per heavy atom. The average Bonchev–Trinajstić information content (AvgIpc) is 3.30. The number of hydrazine groups is 3. The first-order valence-electron chi connectivity index (χ1n) is 9.67. The van der Waals surface area contributed by atoms with Crippen molar-refractivity contribution in [2.24, 2.45) is 50.4 Å². The second-order valence-electron chi connectivity index (χ2n) is 7.02. The van der Waals surface area contributed by atoms with E-state index in [-0.39, 0.29) is 6.04 Å². The Morgan fingerprint density at radius 1 is 0.969 bits per heavy atom. The van der Waals surface area contributed by atoms with Crippen LogP contribution in [0.3, 0.4) is 0 Å². The normalized spacial score (nSPS) is 16.5. The first-order valence-corrected chi connectivity index (χ1v) is 9.67. The molecule has 0 radical (unpaired) electrons. The topological polar surface area (TPSA) is 293 Å². The largest absolute Gasteiger partial charge is 0.321 e. The highest BCUT2D eigenvalue weighted by Gasteiger charge is 2.33. The number of aromatic nitrogens is 4. The Balaban J connectivity index is 2.02. The lowest BCUT2D eigenvalue weighted by Crippen LogP contribution is -2.63. The van der Waals surface area contributed by atoms with Crippen LogP contribution >= 0.6 is 0 Å². The molecule has 2 rings (SSSR count). The van der Waals surface area contributed by atoms with Gasteiger partial charge in [-0.05, 0) is 0 Å². The molecule has 180 valence electrons. The lowest BCUT2D eigenvalue weighted by atomic mass is 10.1. The third-order valence-corrected chi connectivity index (χ3v) is 4.98. The van der Waals surface area contributed by atoms with E-state index in [9.17, 15) is 0 Å². The van der Waals surface area contributed by atoms with Gasteiger partial charge in [0.2, 0.25) is 0 Å². The number of H-pyrrole nitrogens is 1. The molecule has 0 bridgehead atoms. The molecule has 2 heterocycles. The fourth-order valence-electron chi connectivity index (χ4n) is 3.21. The highest BCUT2D eigenvalue weighted by molar-refractivity contribution is 5.84. The quantitative estimate of drug-likeness (QED) is 0.0606. The number of hydrogen-bond donors (Lipinski definition) is 10. The monoisotopic (exact) mass is 455 g/mol. The summed E-state index contributed by atoms with van der Waals surface area (Å²) in [6.07, 6.45) is 0. The average molecular weight is 456 g/mol. The van der Waals surface area contributed by atoms with Crippen LogP contribution in [-0.2, 0) is 6.54 Å². The van der Waals surface area contributed by atoms with Crippen molar-refractivity contribution in [2.75, 3.05) is 45.8 Å². The third kappa shape index (κ3) is 7.40. The first kappa shape index (κ1) is 24.9. The van der Waals surface area contributed by atoms with Gasteiger partial charge in [0, 0.05) is 32.2 Å². The number of amidine groups is 3. The van der Waals surface area contributed by atoms with Crippen LogP contribution in [0.1, 0.15) is 5.82 Å². The standard InChI is InChI=1S/C13H33N19/c14-20-10(21-15)5-30(7-13-26-28-29-27-13)1-2-32(8-12(24-18)25-19)9-3-31(4-9)6-11(22-16)23-17/h9H,1-8,14-19H2,(H,20,21)(H,22,23)(H,24,25)(H,26,27,28,29). The Morgan fingerprint density at radius 3 is 2.12 bits per heavy atom. The fraction of sp³-hybridized carbons (Fsp3) is 0.692. The highest BCUT2D eigenvalue weighted by Crippen LogP contribution is 2.15. The summed E-state index contributed by atoms with van der Waals surface area (Å²) >= 11 is 0. The number of tetrazole rings is 1. The van der Waals surface area contributed by atoms with E-state index in [4.69, 9.17) is 35.1 Å². The Bertz CT molecular complexity index is 736. The van der Waals surface area contributed by atoms with Crippen molar-refractivity contribution >= 4 is 17.5 Å². The number of likely N-dealkylation sites (tertiary alicyclic amines) is 1. The van der Waals surface area contributed by atoms with Crippen molar-refractivity contribution in [1.82, 2.24) is 51.6 Å². The van der Waals surface area contributed by atoms with Gasteiger partial charge in [0.25, 0.3) is 0 Å². The van der Waals surface area contributed by atoms with Crippen molar-refractivity contribution in [1.29, 1.82) is 0 Å². The predicted octanol–water partition coefficient (Wildman–Crippen LogP) is -6.81. The van der Waals surface area contributed by atoms with Gasteiger partial charge in [-0.2, -0.15) is 20.5 Å². The lowest BCUT2D eigenvalue weighted by molar-refractivity contribution is 0.0476. The minimum absolute atomic E-state index is 0.221. The molecule has 0 spiro atoms. The van der Waals surface area contributed by atoms with E-state index >= 15 is 0 Å². The third-order valence-electron chi connectivity index (χ3n) is 4.98. The van der Waals surface area contributed by atoms with Crippen molar-refractivity contribution in [3.8, 4) is 0 Å². The molecule has 32 heavy (non-hydrogen) atoms. The van der Waals surface area contributed by atoms with Gasteiger partial charge < -0.3 is 33.8 Å². The van der Waals surface area contributed by atoms with Gasteiger partial charge in [-0.3, -0.25) is 14.7 Å². The van der Waals surface area contributed by atoms with Crippen LogP contribution in [0.4, 0.5) is 0 Å². The number of nitrogens with two attached hydrogens (primary N) is 6. The molecule has 16 N–H and O–H groups in total. The van der Waals surface area contributed by atoms with Crippen molar-refractivity contribution in [3.05, 3.63) is 5.82 Å². The second kappa shape index (κ2) is 13.1. The molecule has 1 aromatic heterocycles. The Hall–Kier alpha value is -3.36. The fourth-order valence-corrected chi connectivity index (χ4v) is 3.21. The minimum atomic E-state index is 0.221. The number of nitrogens with zero attached hydrogens (tertiary/aromatic N) is 9. The zero-order valence-electron chi connectivity index (χ0n) is 17.7. The SMILES string of the molecule is N/N=C(/CN(CCN(C/C(=N/N)NN)C1CN(C/C(=N/N)NN)C1)Cc1nn[nH]n1)NN. The van der Waals surface area contributed by atoms with Crippen molar-refractivity contribution < 1.29 is 0 Å². The van der Waals surface area contributed by atoms with Gasteiger partial charge in [-0.1, -0.05) is 5.21 Å². The number of nitrogens with one attached hydrogen (secondary N) is 4. The molecule has 0 atom stereocenters. The summed E-state index contributed by atoms with van der Waals surface area (Å²) in [6.45, 7) is 4.52. The van der Waals surface area contributed by atoms with E-state index in [1.807, 2.05) is 4.90 Å². The molecule has 1 aliphatic rings. The van der Waals surface area contributed by atoms with E-state index in [1.165, 1.54) is 0 Å². The Kier molecular flexibility index (Phi) is 10.2. The van der Waals surface area contributed by atoms with E-state index in [1.54, 1.807) is 0 Å². The maximum Gasteiger partial charge on any atom is 0.188 e. The summed E-state index contributed by atoms with van der Waals surface area (Å²) in [4.78, 5) is 6.37. The molecule has 0 saturated carbocycles. The van der Waals surface area contributed by atoms with Crippen LogP contribution in [0, 0.1) is 0 Å². The second-order valence-corrected chi connectivity index (χ2v) is 7.02. The molecule has 1 fully saturated rings. The zero-order chi connectivity index (χ0) is 23.3. The smallest absolute Gasteiger partial charge is 0.188 e. The summed E-state index contributed by atoms with van der Waals surface area (Å²) in [5.41, 5.74) is 7.48. The molecule has 0 unspecified atom stereocenters. The maximum atomic E-state index is 5.53. The van der Waals surface area contributed by atoms with Gasteiger partial charge in [0.05, 0.1) is 26.2 Å². The molecule has 19 heteroatoms. The van der Waals surface area contributed by atoms with Crippen molar-refractivity contribution in [2.45, 2.75) is 12.6 Å². The number of aromatic amines is 1. The molecule has 19 nitrogen and oxygen atoms in total. The highest BCUT2D eigenvalue weighted by atomic mass is 15.5. The zero-order valence-corrected chi connectivity index (χ0v) is 17.7. The summed E-state index contributed by atoms with van der Waals surface area (Å²) < 4.78 is 0. The molecule has 1 saturated heterocycles. The summed E-state index contributed by atoms with van der Waals surface area (Å²) in [6, 6.07) is 0.221. The molecule has 0 amide bonds. The minimum Gasteiger partial charge on any atom is -0.321 e. The molecular formula is C13H33N19. The van der Waals surface area contributed by atoms with E-state index in [2.05, 4.69) is 62.0 Å². The first-order chi connectivity index (χ1) is 15.6. The van der Waals surface area contributed by atoms with Crippen molar-refractivity contribution in [3.63, 3.8) is 0 Å². The summed E-state index contributed by atoms with van der Waals surface area (Å²) in [5, 5.41) is 25.0. The van der Waals surface area contributed by atoms with Gasteiger partial charge in [-0.15, -0.1) is 10.2 Å². The number of hydrazone groups is 3. The van der Waals surface area contributed by atoms with Crippen LogP contribution in [0.15, 0.2) is 15.3 Å². The number of rotatable bonds is 12. The predicted molar refractivity (Wildman–Crippen MR) is 118 cm³/mol. The molecule has 0 aromatic carbocycles. The van der Waals surface area contributed by atoms with Gasteiger partial charge >= 0.3 is 0 Å². The van der Waals surface area contributed by atoms with Gasteiger partial charge in [-0.25, -0.2) is 17.5 Å². The summed E-state index contributed by atoms with van der Waals surface area (Å²) in [5.74, 6) is 34.4. The molecule has 0 aliphatic carbocycles. The molecule has 1 aromatic rings. The summed E-state index contributed by atoms with van der Waals surface area (Å²) in [7, 11) is 0. The number of hydrogen-bond acceptors (Lipinski definition) is 15. The van der Waals surface area contributed by atoms with Crippen LogP contribution < -0.4 is 51.3 Å². The van der Waals surface area contributed by atoms with Gasteiger partial charge in [0.1, 0.15) is 17.5 Å². The molecule has 1 aliphatic heterocycles. The van der Waals surface area contributed by atoms with E-state index in [0.717, 1.165) is 13.1 Å². The van der Waals surface area contributed by atoms with Crippen LogP contribution in [-0.4, -0.2) is 105 Å². The van der Waals surface area contributed by atoms with E-state index < -0.39 is 0 Å². The molecular weight excluding hydrogens is 422 g/mol. The van der Waals surface area contributed by atoms with Crippen LogP contribution in [0.25, 0.3) is 0 Å². The maximum absolute atomic E-state index is 5.53.